The molecule has 0 saturated heterocycles. The van der Waals surface area contributed by atoms with Crippen molar-refractivity contribution in [2.24, 2.45) is 0 Å². The number of hydrogen-bond acceptors (Lipinski definition) is 1. The van der Waals surface area contributed by atoms with E-state index >= 15 is 0 Å². The fourth-order valence-corrected chi connectivity index (χ4v) is 1.78. The fraction of sp³-hybridized carbons (Fsp3) is 0.0714. The smallest absolute Gasteiger partial charge is 0.258 e. The van der Waals surface area contributed by atoms with Crippen LogP contribution in [0.4, 0.5) is 14.5 Å². The molecule has 0 aromatic heterocycles. The van der Waals surface area contributed by atoms with Gasteiger partial charge in [0, 0.05) is 5.02 Å². The summed E-state index contributed by atoms with van der Waals surface area (Å²) in [7, 11) is 0. The molecule has 2 aromatic rings. The quantitative estimate of drug-likeness (QED) is 0.879. The highest BCUT2D eigenvalue weighted by molar-refractivity contribution is 6.31. The molecule has 0 atom stereocenters. The number of benzene rings is 2. The number of anilines is 1. The summed E-state index contributed by atoms with van der Waals surface area (Å²) in [5.74, 6) is -1.98. The Morgan fingerprint density at radius 1 is 1.21 bits per heavy atom. The second kappa shape index (κ2) is 5.36. The largest absolute Gasteiger partial charge is 0.319 e. The van der Waals surface area contributed by atoms with Gasteiger partial charge in [-0.15, -0.1) is 0 Å². The highest BCUT2D eigenvalue weighted by atomic mass is 35.5. The summed E-state index contributed by atoms with van der Waals surface area (Å²) in [5, 5.41) is 2.58. The lowest BCUT2D eigenvalue weighted by Crippen LogP contribution is -2.15. The lowest BCUT2D eigenvalue weighted by atomic mass is 10.1. The van der Waals surface area contributed by atoms with E-state index in [1.54, 1.807) is 19.1 Å². The van der Waals surface area contributed by atoms with Crippen LogP contribution < -0.4 is 5.32 Å². The molecule has 19 heavy (non-hydrogen) atoms. The Hall–Kier alpha value is -1.94. The molecule has 2 aromatic carbocycles. The molecule has 0 fully saturated rings. The number of rotatable bonds is 2. The summed E-state index contributed by atoms with van der Waals surface area (Å²) in [4.78, 5) is 11.9. The standard InChI is InChI=1S/C14H10ClF2NO/c1-8-3-2-4-10(13(8)17)14(19)18-12-7-9(15)5-6-11(12)16/h2-7H,1H3,(H,18,19). The van der Waals surface area contributed by atoms with E-state index < -0.39 is 17.5 Å². The normalized spacial score (nSPS) is 10.3. The van der Waals surface area contributed by atoms with Gasteiger partial charge in [0.1, 0.15) is 11.6 Å². The van der Waals surface area contributed by atoms with Crippen molar-refractivity contribution in [1.82, 2.24) is 0 Å². The number of nitrogens with one attached hydrogen (secondary N) is 1. The third kappa shape index (κ3) is 2.90. The van der Waals surface area contributed by atoms with E-state index in [9.17, 15) is 13.6 Å². The summed E-state index contributed by atoms with van der Waals surface area (Å²) in [6.07, 6.45) is 0. The molecule has 0 saturated carbocycles. The summed E-state index contributed by atoms with van der Waals surface area (Å²) < 4.78 is 27.2. The van der Waals surface area contributed by atoms with Gasteiger partial charge in [-0.2, -0.15) is 0 Å². The second-order valence-corrected chi connectivity index (χ2v) is 4.45. The predicted molar refractivity (Wildman–Crippen MR) is 70.5 cm³/mol. The van der Waals surface area contributed by atoms with Crippen molar-refractivity contribution < 1.29 is 13.6 Å². The van der Waals surface area contributed by atoms with E-state index in [1.807, 2.05) is 0 Å². The maximum atomic E-state index is 13.8. The molecular weight excluding hydrogens is 272 g/mol. The first-order valence-corrected chi connectivity index (χ1v) is 5.88. The molecule has 1 N–H and O–H groups in total. The van der Waals surface area contributed by atoms with Gasteiger partial charge in [0.25, 0.3) is 5.91 Å². The highest BCUT2D eigenvalue weighted by Gasteiger charge is 2.15. The average Bonchev–Trinajstić information content (AvgIpc) is 2.37. The molecule has 0 spiro atoms. The Kier molecular flexibility index (Phi) is 3.81. The van der Waals surface area contributed by atoms with Crippen LogP contribution in [0.2, 0.25) is 5.02 Å². The maximum absolute atomic E-state index is 13.8. The van der Waals surface area contributed by atoms with Gasteiger partial charge in [-0.3, -0.25) is 4.79 Å². The van der Waals surface area contributed by atoms with Gasteiger partial charge in [-0.25, -0.2) is 8.78 Å². The van der Waals surface area contributed by atoms with Crippen molar-refractivity contribution in [3.63, 3.8) is 0 Å². The Morgan fingerprint density at radius 2 is 1.95 bits per heavy atom. The molecule has 1 amide bonds. The lowest BCUT2D eigenvalue weighted by molar-refractivity contribution is 0.102. The van der Waals surface area contributed by atoms with Gasteiger partial charge >= 0.3 is 0 Å². The lowest BCUT2D eigenvalue weighted by Gasteiger charge is -2.08. The molecule has 0 aliphatic carbocycles. The van der Waals surface area contributed by atoms with Crippen LogP contribution in [0, 0.1) is 18.6 Å². The molecule has 0 aliphatic rings. The van der Waals surface area contributed by atoms with Gasteiger partial charge in [0.15, 0.2) is 0 Å². The third-order valence-electron chi connectivity index (χ3n) is 2.61. The average molecular weight is 282 g/mol. The van der Waals surface area contributed by atoms with E-state index in [0.29, 0.717) is 5.56 Å². The van der Waals surface area contributed by atoms with Crippen molar-refractivity contribution in [2.75, 3.05) is 5.32 Å². The zero-order valence-corrected chi connectivity index (χ0v) is 10.8. The molecule has 0 bridgehead atoms. The van der Waals surface area contributed by atoms with Gasteiger partial charge in [0.05, 0.1) is 11.3 Å². The van der Waals surface area contributed by atoms with Crippen LogP contribution in [0.3, 0.4) is 0 Å². The summed E-state index contributed by atoms with van der Waals surface area (Å²) in [6.45, 7) is 1.55. The van der Waals surface area contributed by atoms with Crippen LogP contribution in [0.25, 0.3) is 0 Å². The Balaban J connectivity index is 2.31. The first kappa shape index (κ1) is 13.5. The van der Waals surface area contributed by atoms with Crippen LogP contribution in [-0.4, -0.2) is 5.91 Å². The molecule has 0 aliphatic heterocycles. The topological polar surface area (TPSA) is 29.1 Å². The highest BCUT2D eigenvalue weighted by Crippen LogP contribution is 2.21. The van der Waals surface area contributed by atoms with Crippen molar-refractivity contribution >= 4 is 23.2 Å². The van der Waals surface area contributed by atoms with Gasteiger partial charge in [-0.05, 0) is 36.8 Å². The van der Waals surface area contributed by atoms with E-state index in [-0.39, 0.29) is 16.3 Å². The van der Waals surface area contributed by atoms with E-state index in [0.717, 1.165) is 6.07 Å². The summed E-state index contributed by atoms with van der Waals surface area (Å²) >= 11 is 5.71. The number of aryl methyl sites for hydroxylation is 1. The van der Waals surface area contributed by atoms with Crippen molar-refractivity contribution in [1.29, 1.82) is 0 Å². The van der Waals surface area contributed by atoms with Crippen molar-refractivity contribution in [3.8, 4) is 0 Å². The van der Waals surface area contributed by atoms with Crippen molar-refractivity contribution in [3.05, 3.63) is 64.2 Å². The minimum atomic E-state index is -0.720. The van der Waals surface area contributed by atoms with Crippen LogP contribution in [-0.2, 0) is 0 Å². The van der Waals surface area contributed by atoms with Gasteiger partial charge in [-0.1, -0.05) is 23.7 Å². The maximum Gasteiger partial charge on any atom is 0.258 e. The van der Waals surface area contributed by atoms with Crippen molar-refractivity contribution in [2.45, 2.75) is 6.92 Å². The molecule has 0 heterocycles. The summed E-state index contributed by atoms with van der Waals surface area (Å²) in [5.41, 5.74) is 0.122. The number of carbonyl (C=O) groups is 1. The predicted octanol–water partition coefficient (Wildman–Crippen LogP) is 4.18. The molecule has 98 valence electrons. The zero-order valence-electron chi connectivity index (χ0n) is 10.0. The minimum absolute atomic E-state index is 0.0848. The molecule has 2 rings (SSSR count). The second-order valence-electron chi connectivity index (χ2n) is 4.01. The molecular formula is C14H10ClF2NO. The van der Waals surface area contributed by atoms with Crippen LogP contribution >= 0.6 is 11.6 Å². The zero-order chi connectivity index (χ0) is 14.0. The third-order valence-corrected chi connectivity index (χ3v) is 2.85. The van der Waals surface area contributed by atoms with E-state index in [4.69, 9.17) is 11.6 Å². The monoisotopic (exact) mass is 281 g/mol. The van der Waals surface area contributed by atoms with Gasteiger partial charge < -0.3 is 5.32 Å². The van der Waals surface area contributed by atoms with Crippen LogP contribution in [0.5, 0.6) is 0 Å². The Labute approximate surface area is 114 Å². The number of carbonyl (C=O) groups excluding carboxylic acids is 1. The number of hydrogen-bond donors (Lipinski definition) is 1. The molecule has 5 heteroatoms. The van der Waals surface area contributed by atoms with E-state index in [1.165, 1.54) is 18.2 Å². The Morgan fingerprint density at radius 3 is 2.68 bits per heavy atom. The number of amides is 1. The SMILES string of the molecule is Cc1cccc(C(=O)Nc2cc(Cl)ccc2F)c1F. The van der Waals surface area contributed by atoms with Crippen LogP contribution in [0.1, 0.15) is 15.9 Å². The van der Waals surface area contributed by atoms with E-state index in [2.05, 4.69) is 5.32 Å². The molecule has 2 nitrogen and oxygen atoms in total. The molecule has 0 radical (unpaired) electrons. The Bertz CT molecular complexity index is 643. The van der Waals surface area contributed by atoms with Gasteiger partial charge in [0.2, 0.25) is 0 Å². The van der Waals surface area contributed by atoms with Crippen LogP contribution in [0.15, 0.2) is 36.4 Å². The molecule has 0 unspecified atom stereocenters. The first-order chi connectivity index (χ1) is 8.99. The minimum Gasteiger partial charge on any atom is -0.319 e. The summed E-state index contributed by atoms with van der Waals surface area (Å²) in [6, 6.07) is 8.20. The first-order valence-electron chi connectivity index (χ1n) is 5.50. The fourth-order valence-electron chi connectivity index (χ4n) is 1.61. The number of halogens is 3.